The van der Waals surface area contributed by atoms with Crippen molar-refractivity contribution in [3.8, 4) is 0 Å². The van der Waals surface area contributed by atoms with Gasteiger partial charge in [-0.3, -0.25) is 34.2 Å². The van der Waals surface area contributed by atoms with E-state index in [9.17, 15) is 24.0 Å². The zero-order chi connectivity index (χ0) is 24.5. The zero-order valence-electron chi connectivity index (χ0n) is 18.9. The topological polar surface area (TPSA) is 161 Å². The van der Waals surface area contributed by atoms with Gasteiger partial charge in [0.15, 0.2) is 0 Å². The predicted molar refractivity (Wildman–Crippen MR) is 123 cm³/mol. The Balaban J connectivity index is 1.50. The number of azide groups is 1. The second-order valence-electron chi connectivity index (χ2n) is 8.40. The minimum atomic E-state index is -1.05. The molecule has 2 heterocycles. The lowest BCUT2D eigenvalue weighted by Gasteiger charge is -2.27. The summed E-state index contributed by atoms with van der Waals surface area (Å²) in [6.07, 6.45) is 7.03. The first-order chi connectivity index (χ1) is 16.4. The quantitative estimate of drug-likeness (QED) is 0.158. The van der Waals surface area contributed by atoms with Crippen LogP contribution in [0.1, 0.15) is 84.9 Å². The van der Waals surface area contributed by atoms with Gasteiger partial charge < -0.3 is 5.32 Å². The average molecular weight is 469 g/mol. The van der Waals surface area contributed by atoms with Gasteiger partial charge in [0.2, 0.25) is 17.7 Å². The number of imide groups is 2. The van der Waals surface area contributed by atoms with Crippen LogP contribution in [0.2, 0.25) is 0 Å². The fourth-order valence-electron chi connectivity index (χ4n) is 4.23. The molecule has 1 saturated heterocycles. The minimum Gasteiger partial charge on any atom is -0.325 e. The number of hydrogen-bond donors (Lipinski definition) is 2. The molecule has 0 aliphatic carbocycles. The molecule has 1 atom stereocenters. The van der Waals surface area contributed by atoms with Crippen LogP contribution in [0.5, 0.6) is 0 Å². The molecular weight excluding hydrogens is 440 g/mol. The molecule has 1 aromatic rings. The molecule has 1 fully saturated rings. The molecular formula is C23H28N6O5. The van der Waals surface area contributed by atoms with Crippen molar-refractivity contribution in [2.24, 2.45) is 5.11 Å². The molecule has 0 saturated carbocycles. The van der Waals surface area contributed by atoms with Gasteiger partial charge in [-0.25, -0.2) is 0 Å². The number of piperidine rings is 1. The third kappa shape index (κ3) is 5.99. The molecule has 0 radical (unpaired) electrons. The Kier molecular flexibility index (Phi) is 8.75. The van der Waals surface area contributed by atoms with Gasteiger partial charge in [0.25, 0.3) is 11.8 Å². The summed E-state index contributed by atoms with van der Waals surface area (Å²) >= 11 is 0. The van der Waals surface area contributed by atoms with Crippen molar-refractivity contribution in [1.29, 1.82) is 0 Å². The minimum absolute atomic E-state index is 0.0448. The molecule has 5 amide bonds. The fourth-order valence-corrected chi connectivity index (χ4v) is 4.23. The number of rotatable bonds is 12. The lowest BCUT2D eigenvalue weighted by Crippen LogP contribution is -2.54. The number of benzene rings is 1. The molecule has 0 bridgehead atoms. The number of unbranched alkanes of at least 4 members (excludes halogenated alkanes) is 6. The van der Waals surface area contributed by atoms with E-state index in [1.807, 2.05) is 0 Å². The number of anilines is 1. The lowest BCUT2D eigenvalue weighted by atomic mass is 10.0. The van der Waals surface area contributed by atoms with Crippen LogP contribution in [0.15, 0.2) is 23.3 Å². The third-order valence-corrected chi connectivity index (χ3v) is 5.97. The van der Waals surface area contributed by atoms with Crippen molar-refractivity contribution in [3.63, 3.8) is 0 Å². The Morgan fingerprint density at radius 3 is 2.47 bits per heavy atom. The van der Waals surface area contributed by atoms with E-state index in [4.69, 9.17) is 5.53 Å². The number of nitrogens with one attached hydrogen (secondary N) is 2. The second-order valence-corrected chi connectivity index (χ2v) is 8.40. The molecule has 1 aromatic carbocycles. The highest BCUT2D eigenvalue weighted by atomic mass is 16.2. The van der Waals surface area contributed by atoms with Crippen LogP contribution in [0, 0.1) is 0 Å². The van der Waals surface area contributed by atoms with Crippen molar-refractivity contribution in [1.82, 2.24) is 10.2 Å². The fraction of sp³-hybridized carbons (Fsp3) is 0.522. The summed E-state index contributed by atoms with van der Waals surface area (Å²) in [7, 11) is 0. The van der Waals surface area contributed by atoms with Gasteiger partial charge in [0, 0.05) is 24.3 Å². The molecule has 180 valence electrons. The van der Waals surface area contributed by atoms with Crippen molar-refractivity contribution in [2.45, 2.75) is 70.3 Å². The monoisotopic (exact) mass is 468 g/mol. The van der Waals surface area contributed by atoms with Crippen molar-refractivity contribution >= 4 is 35.2 Å². The van der Waals surface area contributed by atoms with Crippen LogP contribution in [0.25, 0.3) is 10.4 Å². The summed E-state index contributed by atoms with van der Waals surface area (Å²) in [5.41, 5.74) is 8.68. The lowest BCUT2D eigenvalue weighted by molar-refractivity contribution is -0.136. The van der Waals surface area contributed by atoms with Gasteiger partial charge >= 0.3 is 0 Å². The summed E-state index contributed by atoms with van der Waals surface area (Å²) in [6.45, 7) is 0.527. The molecule has 0 aromatic heterocycles. The van der Waals surface area contributed by atoms with Crippen LogP contribution in [0.3, 0.4) is 0 Å². The van der Waals surface area contributed by atoms with Crippen LogP contribution in [-0.4, -0.2) is 47.0 Å². The van der Waals surface area contributed by atoms with E-state index in [0.29, 0.717) is 19.4 Å². The van der Waals surface area contributed by atoms with E-state index in [0.717, 1.165) is 43.4 Å². The summed E-state index contributed by atoms with van der Waals surface area (Å²) in [4.78, 5) is 65.6. The smallest absolute Gasteiger partial charge is 0.264 e. The zero-order valence-corrected chi connectivity index (χ0v) is 18.9. The maximum atomic E-state index is 13.0. The number of fused-ring (bicyclic) bond motifs is 1. The summed E-state index contributed by atoms with van der Waals surface area (Å²) < 4.78 is 0. The molecule has 0 spiro atoms. The Hall–Kier alpha value is -3.72. The van der Waals surface area contributed by atoms with Crippen molar-refractivity contribution in [3.05, 3.63) is 39.8 Å². The first-order valence-corrected chi connectivity index (χ1v) is 11.6. The highest BCUT2D eigenvalue weighted by molar-refractivity contribution is 6.26. The normalized spacial score (nSPS) is 17.3. The molecule has 11 heteroatoms. The van der Waals surface area contributed by atoms with Gasteiger partial charge in [-0.15, -0.1) is 0 Å². The van der Waals surface area contributed by atoms with Crippen LogP contribution >= 0.6 is 0 Å². The van der Waals surface area contributed by atoms with E-state index < -0.39 is 29.7 Å². The molecule has 2 aliphatic heterocycles. The van der Waals surface area contributed by atoms with Gasteiger partial charge in [0.05, 0.1) is 16.8 Å². The highest BCUT2D eigenvalue weighted by Gasteiger charge is 2.45. The highest BCUT2D eigenvalue weighted by Crippen LogP contribution is 2.32. The van der Waals surface area contributed by atoms with E-state index >= 15 is 0 Å². The summed E-state index contributed by atoms with van der Waals surface area (Å²) in [5, 5.41) is 8.40. The van der Waals surface area contributed by atoms with Gasteiger partial charge in [-0.2, -0.15) is 0 Å². The number of carbonyl (C=O) groups is 5. The number of hydrogen-bond acceptors (Lipinski definition) is 6. The molecule has 2 aliphatic rings. The Labute approximate surface area is 196 Å². The number of nitrogens with zero attached hydrogens (tertiary/aromatic N) is 4. The van der Waals surface area contributed by atoms with Crippen LogP contribution < -0.4 is 10.6 Å². The predicted octanol–water partition coefficient (Wildman–Crippen LogP) is 3.46. The molecule has 1 unspecified atom stereocenters. The maximum absolute atomic E-state index is 13.0. The van der Waals surface area contributed by atoms with Gasteiger partial charge in [-0.05, 0) is 36.9 Å². The molecule has 3 rings (SSSR count). The number of carbonyl (C=O) groups excluding carboxylic acids is 5. The maximum Gasteiger partial charge on any atom is 0.264 e. The first kappa shape index (κ1) is 24.9. The molecule has 2 N–H and O–H groups in total. The molecule has 11 nitrogen and oxygen atoms in total. The van der Waals surface area contributed by atoms with Gasteiger partial charge in [-0.1, -0.05) is 43.3 Å². The SMILES string of the molecule is [N-]=[N+]=NCCCCCCCCCC(=O)Nc1cccc2c1C(=O)N(C1CCC(=O)NC1=O)C2=O. The van der Waals surface area contributed by atoms with Crippen molar-refractivity contribution in [2.75, 3.05) is 11.9 Å². The second kappa shape index (κ2) is 11.9. The third-order valence-electron chi connectivity index (χ3n) is 5.97. The Morgan fingerprint density at radius 1 is 1.06 bits per heavy atom. The van der Waals surface area contributed by atoms with Crippen LogP contribution in [-0.2, 0) is 14.4 Å². The van der Waals surface area contributed by atoms with E-state index in [2.05, 4.69) is 20.7 Å². The molecule has 34 heavy (non-hydrogen) atoms. The first-order valence-electron chi connectivity index (χ1n) is 11.6. The summed E-state index contributed by atoms with van der Waals surface area (Å²) in [6, 6.07) is 3.58. The Bertz CT molecular complexity index is 1030. The summed E-state index contributed by atoms with van der Waals surface area (Å²) in [5.74, 6) is -2.61. The standard InChI is InChI=1S/C23H28N6O5/c24-28-25-14-7-5-3-1-2-4-6-11-18(30)26-16-10-8-9-15-20(16)23(34)29(22(15)33)17-12-13-19(31)27-21(17)32/h8-10,17H,1-7,11-14H2,(H,26,30)(H,27,31,32). The van der Waals surface area contributed by atoms with Crippen molar-refractivity contribution < 1.29 is 24.0 Å². The van der Waals surface area contributed by atoms with Crippen LogP contribution in [0.4, 0.5) is 5.69 Å². The number of amides is 5. The average Bonchev–Trinajstić information content (AvgIpc) is 3.06. The van der Waals surface area contributed by atoms with E-state index in [-0.39, 0.29) is 35.6 Å². The van der Waals surface area contributed by atoms with E-state index in [1.54, 1.807) is 12.1 Å². The van der Waals surface area contributed by atoms with Gasteiger partial charge in [0.1, 0.15) is 6.04 Å². The largest absolute Gasteiger partial charge is 0.325 e. The Morgan fingerprint density at radius 2 is 1.76 bits per heavy atom. The van der Waals surface area contributed by atoms with E-state index in [1.165, 1.54) is 6.07 Å².